The molecule has 1 fully saturated rings. The number of aromatic amines is 1. The van der Waals surface area contributed by atoms with Gasteiger partial charge >= 0.3 is 0 Å². The summed E-state index contributed by atoms with van der Waals surface area (Å²) in [5.41, 5.74) is 0. The average Bonchev–Trinajstić information content (AvgIpc) is 2.70. The molecule has 1 aliphatic rings. The molecule has 1 aromatic heterocycles. The molecule has 0 saturated carbocycles. The van der Waals surface area contributed by atoms with Gasteiger partial charge in [-0.05, 0) is 6.37 Å². The molecule has 2 heterocycles. The Balaban J connectivity index is 2.67. The third kappa shape index (κ3) is 1.21. The van der Waals surface area contributed by atoms with E-state index in [0.29, 0.717) is 4.90 Å². The molecule has 0 aliphatic carbocycles. The average molecular weight is 160 g/mol. The van der Waals surface area contributed by atoms with E-state index in [1.165, 1.54) is 12.3 Å². The van der Waals surface area contributed by atoms with E-state index in [1.807, 2.05) is 0 Å². The topological polar surface area (TPSA) is 52.2 Å². The Bertz CT molecular complexity index is 432. The third-order valence-corrected chi connectivity index (χ3v) is 1.22. The standard InChI is InChI=1S/C7H11N3O/c11-6-2-4-10(5-6)7-1-3-8-9-7/h1,3,6,11H,2,4-5H2,(H,8,9)/i2D2,4D2,5D2,6D. The van der Waals surface area contributed by atoms with Gasteiger partial charge in [-0.1, -0.05) is 0 Å². The van der Waals surface area contributed by atoms with E-state index in [0.717, 1.165) is 0 Å². The van der Waals surface area contributed by atoms with Gasteiger partial charge in [0.25, 0.3) is 0 Å². The Labute approximate surface area is 74.7 Å². The van der Waals surface area contributed by atoms with Crippen molar-refractivity contribution in [1.82, 2.24) is 10.2 Å². The highest BCUT2D eigenvalue weighted by atomic mass is 16.3. The van der Waals surface area contributed by atoms with Crippen molar-refractivity contribution in [3.05, 3.63) is 12.3 Å². The van der Waals surface area contributed by atoms with E-state index in [2.05, 4.69) is 10.2 Å². The molecule has 2 rings (SSSR count). The van der Waals surface area contributed by atoms with Crippen LogP contribution in [0.3, 0.4) is 0 Å². The highest BCUT2D eigenvalue weighted by molar-refractivity contribution is 5.37. The summed E-state index contributed by atoms with van der Waals surface area (Å²) in [5, 5.41) is 15.7. The van der Waals surface area contributed by atoms with Crippen molar-refractivity contribution >= 4 is 5.82 Å². The molecule has 60 valence electrons. The molecular weight excluding hydrogens is 142 g/mol. The van der Waals surface area contributed by atoms with Gasteiger partial charge in [-0.25, -0.2) is 0 Å². The molecule has 4 heteroatoms. The minimum atomic E-state index is -3.28. The van der Waals surface area contributed by atoms with Gasteiger partial charge in [-0.3, -0.25) is 5.10 Å². The lowest BCUT2D eigenvalue weighted by atomic mass is 10.3. The van der Waals surface area contributed by atoms with Gasteiger partial charge in [0.2, 0.25) is 0 Å². The number of anilines is 1. The van der Waals surface area contributed by atoms with Gasteiger partial charge in [0.15, 0.2) is 0 Å². The van der Waals surface area contributed by atoms with Crippen LogP contribution in [0, 0.1) is 0 Å². The summed E-state index contributed by atoms with van der Waals surface area (Å²) in [5.74, 6) is -0.225. The van der Waals surface area contributed by atoms with Crippen molar-refractivity contribution in [3.63, 3.8) is 0 Å². The van der Waals surface area contributed by atoms with Gasteiger partial charge in [-0.2, -0.15) is 5.10 Å². The molecule has 1 unspecified atom stereocenters. The van der Waals surface area contributed by atoms with Crippen LogP contribution in [0.4, 0.5) is 5.82 Å². The molecule has 2 N–H and O–H groups in total. The lowest BCUT2D eigenvalue weighted by Gasteiger charge is -2.12. The van der Waals surface area contributed by atoms with Gasteiger partial charge in [0.1, 0.15) is 5.82 Å². The fourth-order valence-electron chi connectivity index (χ4n) is 0.762. The summed E-state index contributed by atoms with van der Waals surface area (Å²) in [4.78, 5) is 0.337. The maximum absolute atomic E-state index is 9.75. The lowest BCUT2D eigenvalue weighted by molar-refractivity contribution is 0.198. The Morgan fingerprint density at radius 2 is 2.91 bits per heavy atom. The van der Waals surface area contributed by atoms with Crippen molar-refractivity contribution in [1.29, 1.82) is 0 Å². The molecule has 1 aromatic rings. The number of hydrogen-bond donors (Lipinski definition) is 2. The molecule has 0 spiro atoms. The maximum Gasteiger partial charge on any atom is 0.150 e. The summed E-state index contributed by atoms with van der Waals surface area (Å²) in [7, 11) is 0. The number of H-pyrrole nitrogens is 1. The quantitative estimate of drug-likeness (QED) is 0.607. The van der Waals surface area contributed by atoms with E-state index in [-0.39, 0.29) is 5.82 Å². The van der Waals surface area contributed by atoms with E-state index in [9.17, 15) is 5.11 Å². The van der Waals surface area contributed by atoms with Gasteiger partial charge < -0.3 is 10.0 Å². The highest BCUT2D eigenvalue weighted by Gasteiger charge is 2.20. The second-order valence-corrected chi connectivity index (χ2v) is 1.97. The first kappa shape index (κ1) is 2.48. The van der Waals surface area contributed by atoms with Crippen LogP contribution in [-0.2, 0) is 0 Å². The number of hydrogen-bond acceptors (Lipinski definition) is 3. The molecule has 1 aliphatic heterocycles. The third-order valence-electron chi connectivity index (χ3n) is 1.22. The van der Waals surface area contributed by atoms with Crippen LogP contribution in [0.25, 0.3) is 0 Å². The van der Waals surface area contributed by atoms with Crippen molar-refractivity contribution in [2.45, 2.75) is 12.5 Å². The van der Waals surface area contributed by atoms with E-state index >= 15 is 0 Å². The minimum Gasteiger partial charge on any atom is -0.391 e. The smallest absolute Gasteiger partial charge is 0.150 e. The van der Waals surface area contributed by atoms with E-state index in [1.54, 1.807) is 0 Å². The Morgan fingerprint density at radius 1 is 2.00 bits per heavy atom. The molecular formula is C7H11N3O. The van der Waals surface area contributed by atoms with Crippen LogP contribution in [0.2, 0.25) is 0 Å². The number of aliphatic hydroxyl groups is 1. The van der Waals surface area contributed by atoms with Gasteiger partial charge in [-0.15, -0.1) is 0 Å². The van der Waals surface area contributed by atoms with Crippen molar-refractivity contribution in [3.8, 4) is 0 Å². The summed E-state index contributed by atoms with van der Waals surface area (Å²) in [6.45, 7) is -5.91. The second-order valence-electron chi connectivity index (χ2n) is 1.97. The molecule has 0 bridgehead atoms. The van der Waals surface area contributed by atoms with Crippen LogP contribution >= 0.6 is 0 Å². The normalized spacial score (nSPS) is 54.3. The highest BCUT2D eigenvalue weighted by Crippen LogP contribution is 2.16. The number of aromatic nitrogens is 2. The molecule has 1 atom stereocenters. The van der Waals surface area contributed by atoms with Crippen LogP contribution in [-0.4, -0.2) is 34.4 Å². The SMILES string of the molecule is [2H]C1([2H])N(c2cc[nH]n2)C([2H])([2H])C([2H])(O)C1([2H])[2H]. The number of nitrogens with zero attached hydrogens (tertiary/aromatic N) is 2. The van der Waals surface area contributed by atoms with E-state index in [4.69, 9.17) is 9.60 Å². The monoisotopic (exact) mass is 160 g/mol. The number of rotatable bonds is 1. The molecule has 0 amide bonds. The molecule has 0 radical (unpaired) electrons. The molecule has 0 aromatic carbocycles. The van der Waals surface area contributed by atoms with Gasteiger partial charge in [0, 0.05) is 30.7 Å². The number of β-amino-alcohol motifs (C(OH)–C–C–N with tert-alkyl or cyclic N) is 1. The Hall–Kier alpha value is -1.03. The van der Waals surface area contributed by atoms with Crippen LogP contribution in [0.1, 0.15) is 16.0 Å². The maximum atomic E-state index is 9.75. The predicted molar refractivity (Wildman–Crippen MR) is 41.4 cm³/mol. The van der Waals surface area contributed by atoms with Crippen molar-refractivity contribution in [2.75, 3.05) is 17.9 Å². The van der Waals surface area contributed by atoms with Crippen molar-refractivity contribution < 1.29 is 14.7 Å². The first-order valence-electron chi connectivity index (χ1n) is 6.50. The predicted octanol–water partition coefficient (Wildman–Crippen LogP) is -0.0193. The molecule has 11 heavy (non-hydrogen) atoms. The van der Waals surface area contributed by atoms with E-state index < -0.39 is 25.4 Å². The first-order valence-corrected chi connectivity index (χ1v) is 3.00. The Morgan fingerprint density at radius 3 is 3.45 bits per heavy atom. The summed E-state index contributed by atoms with van der Waals surface area (Å²) >= 11 is 0. The fraction of sp³-hybridized carbons (Fsp3) is 0.571. The molecule has 4 nitrogen and oxygen atoms in total. The first-order chi connectivity index (χ1) is 7.98. The van der Waals surface area contributed by atoms with Crippen LogP contribution < -0.4 is 4.90 Å². The molecule has 1 saturated heterocycles. The zero-order valence-corrected chi connectivity index (χ0v) is 5.50. The largest absolute Gasteiger partial charge is 0.391 e. The minimum absolute atomic E-state index is 0.225. The van der Waals surface area contributed by atoms with Gasteiger partial charge in [0.05, 0.1) is 10.2 Å². The van der Waals surface area contributed by atoms with Crippen LogP contribution in [0.15, 0.2) is 12.3 Å². The van der Waals surface area contributed by atoms with Crippen molar-refractivity contribution in [2.24, 2.45) is 0 Å². The summed E-state index contributed by atoms with van der Waals surface area (Å²) in [6, 6.07) is 1.23. The summed E-state index contributed by atoms with van der Waals surface area (Å²) < 4.78 is 53.2. The lowest BCUT2D eigenvalue weighted by Crippen LogP contribution is -2.21. The second kappa shape index (κ2) is 2.54. The zero-order valence-electron chi connectivity index (χ0n) is 12.5. The Kier molecular flexibility index (Phi) is 0.574. The summed E-state index contributed by atoms with van der Waals surface area (Å²) in [6.07, 6.45) is -5.11. The number of nitrogens with one attached hydrogen (secondary N) is 1. The van der Waals surface area contributed by atoms with Crippen LogP contribution in [0.5, 0.6) is 0 Å². The fourth-order valence-corrected chi connectivity index (χ4v) is 0.762. The zero-order chi connectivity index (χ0) is 14.0.